The Morgan fingerprint density at radius 3 is 2.67 bits per heavy atom. The van der Waals surface area contributed by atoms with Gasteiger partial charge >= 0.3 is 12.2 Å². The van der Waals surface area contributed by atoms with Gasteiger partial charge in [0.2, 0.25) is 11.8 Å². The largest absolute Gasteiger partial charge is 0.406 e. The average Bonchev–Trinajstić information content (AvgIpc) is 3.53. The van der Waals surface area contributed by atoms with Crippen LogP contribution in [0.2, 0.25) is 5.02 Å². The van der Waals surface area contributed by atoms with Crippen molar-refractivity contribution in [2.45, 2.75) is 56.8 Å². The molecule has 43 heavy (non-hydrogen) atoms. The van der Waals surface area contributed by atoms with Gasteiger partial charge in [0.05, 0.1) is 22.2 Å². The molecule has 4 amide bonds. The van der Waals surface area contributed by atoms with E-state index in [1.165, 1.54) is 6.20 Å². The maximum atomic E-state index is 13.8. The van der Waals surface area contributed by atoms with E-state index in [2.05, 4.69) is 15.5 Å². The van der Waals surface area contributed by atoms with Crippen LogP contribution in [-0.4, -0.2) is 81.1 Å². The summed E-state index contributed by atoms with van der Waals surface area (Å²) in [6.45, 7) is -0.260. The molecule has 0 radical (unpaired) electrons. The molecule has 0 spiro atoms. The molecule has 0 bridgehead atoms. The van der Waals surface area contributed by atoms with E-state index < -0.39 is 30.0 Å². The van der Waals surface area contributed by atoms with E-state index in [-0.39, 0.29) is 37.4 Å². The third kappa shape index (κ3) is 4.89. The number of nitrogens with one attached hydrogen (secondary N) is 2. The van der Waals surface area contributed by atoms with Gasteiger partial charge in [0.1, 0.15) is 6.54 Å². The molecule has 1 saturated heterocycles. The van der Waals surface area contributed by atoms with Crippen molar-refractivity contribution in [2.75, 3.05) is 31.5 Å². The summed E-state index contributed by atoms with van der Waals surface area (Å²) in [5, 5.41) is 10.8. The number of para-hydroxylation sites is 1. The second kappa shape index (κ2) is 10.1. The normalized spacial score (nSPS) is 24.2. The maximum Gasteiger partial charge on any atom is 0.406 e. The molecule has 1 aromatic heterocycles. The number of urea groups is 1. The monoisotopic (exact) mass is 614 g/mol. The third-order valence-electron chi connectivity index (χ3n) is 9.58. The molecule has 1 saturated carbocycles. The second-order valence-electron chi connectivity index (χ2n) is 12.1. The number of fused-ring (bicyclic) bond motifs is 6. The summed E-state index contributed by atoms with van der Waals surface area (Å²) < 4.78 is 40.9. The van der Waals surface area contributed by atoms with Gasteiger partial charge in [-0.1, -0.05) is 29.8 Å². The van der Waals surface area contributed by atoms with Crippen LogP contribution in [0.25, 0.3) is 10.9 Å². The Kier molecular flexibility index (Phi) is 6.60. The van der Waals surface area contributed by atoms with E-state index in [1.807, 2.05) is 29.2 Å². The lowest BCUT2D eigenvalue weighted by Gasteiger charge is -2.38. The van der Waals surface area contributed by atoms with Crippen LogP contribution in [0.3, 0.4) is 0 Å². The first kappa shape index (κ1) is 28.0. The van der Waals surface area contributed by atoms with E-state index in [4.69, 9.17) is 11.6 Å². The average molecular weight is 615 g/mol. The summed E-state index contributed by atoms with van der Waals surface area (Å²) in [4.78, 5) is 44.8. The van der Waals surface area contributed by atoms with Crippen LogP contribution < -0.4 is 5.32 Å². The van der Waals surface area contributed by atoms with Crippen LogP contribution in [0, 0.1) is 5.41 Å². The van der Waals surface area contributed by atoms with Gasteiger partial charge in [-0.3, -0.25) is 14.7 Å². The number of amides is 4. The van der Waals surface area contributed by atoms with Crippen LogP contribution in [0.1, 0.15) is 48.3 Å². The Morgan fingerprint density at radius 2 is 1.91 bits per heavy atom. The number of carbonyl (C=O) groups excluding carboxylic acids is 3. The molecule has 3 aromatic rings. The van der Waals surface area contributed by atoms with Gasteiger partial charge in [-0.2, -0.15) is 18.3 Å². The lowest BCUT2D eigenvalue weighted by Crippen LogP contribution is -2.50. The molecule has 2 fully saturated rings. The first-order valence-electron chi connectivity index (χ1n) is 14.5. The molecule has 4 aliphatic rings. The number of rotatable bonds is 4. The summed E-state index contributed by atoms with van der Waals surface area (Å²) in [6, 6.07) is 9.22. The summed E-state index contributed by atoms with van der Waals surface area (Å²) in [7, 11) is 0. The number of H-pyrrole nitrogens is 1. The predicted octanol–water partition coefficient (Wildman–Crippen LogP) is 5.07. The molecule has 226 valence electrons. The number of alkyl halides is 3. The first-order valence-corrected chi connectivity index (χ1v) is 14.9. The summed E-state index contributed by atoms with van der Waals surface area (Å²) in [6.07, 6.45) is -1.08. The molecule has 9 nitrogen and oxygen atoms in total. The van der Waals surface area contributed by atoms with E-state index in [9.17, 15) is 27.6 Å². The summed E-state index contributed by atoms with van der Waals surface area (Å²) in [5.74, 6) is -1.32. The number of hydrogen-bond donors (Lipinski definition) is 2. The van der Waals surface area contributed by atoms with Crippen molar-refractivity contribution in [1.82, 2.24) is 24.9 Å². The number of carbonyl (C=O) groups is 3. The molecule has 2 atom stereocenters. The fourth-order valence-electron chi connectivity index (χ4n) is 7.32. The lowest BCUT2D eigenvalue weighted by atomic mass is 9.91. The highest BCUT2D eigenvalue weighted by Crippen LogP contribution is 2.65. The van der Waals surface area contributed by atoms with Crippen LogP contribution >= 0.6 is 11.6 Å². The smallest absolute Gasteiger partial charge is 0.343 e. The van der Waals surface area contributed by atoms with Crippen molar-refractivity contribution in [3.05, 3.63) is 58.2 Å². The lowest BCUT2D eigenvalue weighted by molar-refractivity contribution is -0.166. The number of nitrogens with zero attached hydrogens (tertiary/aromatic N) is 4. The van der Waals surface area contributed by atoms with Gasteiger partial charge in [-0.05, 0) is 54.5 Å². The molecule has 2 aromatic carbocycles. The van der Waals surface area contributed by atoms with Gasteiger partial charge < -0.3 is 20.0 Å². The Labute approximate surface area is 250 Å². The Hall–Kier alpha value is -3.80. The number of anilines is 1. The highest BCUT2D eigenvalue weighted by atomic mass is 35.5. The Morgan fingerprint density at radius 1 is 1.14 bits per heavy atom. The quantitative estimate of drug-likeness (QED) is 0.429. The standard InChI is InChI=1S/C30H30ClF3N6O3/c31-23-11-19-21(20-14-35-37-26(20)23)15-39(16-30(32,33)34)27(42)29(12-22(19)29)13-25(41)38-8-6-18(7-9-38)40-10-5-17-3-1-2-4-24(17)36-28(40)43/h1-4,11,14,18,22H,5-10,12-13,15-16H2,(H,35,37)(H,36,43)/t22-,29+/m1/s1. The molecule has 0 unspecified atom stereocenters. The van der Waals surface area contributed by atoms with Crippen LogP contribution in [0.4, 0.5) is 23.7 Å². The highest BCUT2D eigenvalue weighted by molar-refractivity contribution is 6.35. The fraction of sp³-hybridized carbons (Fsp3) is 0.467. The second-order valence-corrected chi connectivity index (χ2v) is 12.5. The van der Waals surface area contributed by atoms with Crippen molar-refractivity contribution in [1.29, 1.82) is 0 Å². The van der Waals surface area contributed by atoms with Crippen LogP contribution in [-0.2, 0) is 22.6 Å². The van der Waals surface area contributed by atoms with Gasteiger partial charge in [0, 0.05) is 55.6 Å². The predicted molar refractivity (Wildman–Crippen MR) is 152 cm³/mol. The number of piperidine rings is 1. The van der Waals surface area contributed by atoms with E-state index in [1.54, 1.807) is 11.0 Å². The topological polar surface area (TPSA) is 102 Å². The van der Waals surface area contributed by atoms with Crippen molar-refractivity contribution in [3.63, 3.8) is 0 Å². The molecular formula is C30H30ClF3N6O3. The number of hydrogen-bond acceptors (Lipinski definition) is 4. The highest BCUT2D eigenvalue weighted by Gasteiger charge is 2.65. The summed E-state index contributed by atoms with van der Waals surface area (Å²) in [5.41, 5.74) is 2.44. The molecule has 2 N–H and O–H groups in total. The van der Waals surface area contributed by atoms with Gasteiger partial charge in [-0.25, -0.2) is 4.79 Å². The van der Waals surface area contributed by atoms with Crippen molar-refractivity contribution < 1.29 is 27.6 Å². The molecule has 4 heterocycles. The van der Waals surface area contributed by atoms with Crippen molar-refractivity contribution in [3.8, 4) is 0 Å². The van der Waals surface area contributed by atoms with Crippen LogP contribution in [0.15, 0.2) is 36.5 Å². The number of benzene rings is 2. The minimum Gasteiger partial charge on any atom is -0.343 e. The fourth-order valence-corrected chi connectivity index (χ4v) is 7.59. The number of halogens is 4. The molecule has 1 aliphatic carbocycles. The van der Waals surface area contributed by atoms with Gasteiger partial charge in [0.15, 0.2) is 0 Å². The third-order valence-corrected chi connectivity index (χ3v) is 9.88. The zero-order valence-electron chi connectivity index (χ0n) is 23.2. The number of aromatic nitrogens is 2. The van der Waals surface area contributed by atoms with Crippen molar-refractivity contribution >= 4 is 46.0 Å². The van der Waals surface area contributed by atoms with E-state index >= 15 is 0 Å². The Balaban J connectivity index is 1.08. The molecule has 7 rings (SSSR count). The Bertz CT molecular complexity index is 1630. The van der Waals surface area contributed by atoms with Crippen LogP contribution in [0.5, 0.6) is 0 Å². The minimum absolute atomic E-state index is 0.0432. The minimum atomic E-state index is -4.60. The maximum absolute atomic E-state index is 13.8. The zero-order valence-corrected chi connectivity index (χ0v) is 24.0. The number of likely N-dealkylation sites (tertiary alicyclic amines) is 1. The van der Waals surface area contributed by atoms with Gasteiger partial charge in [0.25, 0.3) is 0 Å². The molecular weight excluding hydrogens is 585 g/mol. The van der Waals surface area contributed by atoms with E-state index in [0.717, 1.165) is 22.6 Å². The van der Waals surface area contributed by atoms with Crippen molar-refractivity contribution in [2.24, 2.45) is 5.41 Å². The van der Waals surface area contributed by atoms with Gasteiger partial charge in [-0.15, -0.1) is 0 Å². The zero-order chi connectivity index (χ0) is 30.1. The first-order chi connectivity index (χ1) is 20.5. The number of aromatic amines is 1. The summed E-state index contributed by atoms with van der Waals surface area (Å²) >= 11 is 6.49. The molecule has 13 heteroatoms. The van der Waals surface area contributed by atoms with E-state index in [0.29, 0.717) is 59.5 Å². The SMILES string of the molecule is O=C(C[C@@]12C[C@@H]1c1cc(Cl)c3[nH]ncc3c1CN(CC(F)(F)F)C2=O)N1CCC(N2CCc3ccccc3NC2=O)CC1. The molecule has 3 aliphatic heterocycles.